The molecule has 0 N–H and O–H groups in total. The molecule has 16 heavy (non-hydrogen) atoms. The van der Waals surface area contributed by atoms with Crippen molar-refractivity contribution in [1.29, 1.82) is 0 Å². The second-order valence-electron chi connectivity index (χ2n) is 3.21. The molecule has 0 radical (unpaired) electrons. The van der Waals surface area contributed by atoms with Gasteiger partial charge in [0.15, 0.2) is 5.82 Å². The second kappa shape index (κ2) is 4.80. The zero-order valence-electron chi connectivity index (χ0n) is 8.45. The Bertz CT molecular complexity index is 519. The minimum Gasteiger partial charge on any atom is -0.223 e. The van der Waals surface area contributed by atoms with Gasteiger partial charge in [0.2, 0.25) is 5.28 Å². The van der Waals surface area contributed by atoms with Crippen LogP contribution in [-0.4, -0.2) is 9.97 Å². The van der Waals surface area contributed by atoms with Crippen molar-refractivity contribution in [3.05, 3.63) is 47.1 Å². The Labute approximate surface area is 102 Å². The third kappa shape index (κ3) is 2.71. The van der Waals surface area contributed by atoms with Crippen LogP contribution in [0.3, 0.4) is 0 Å². The summed E-state index contributed by atoms with van der Waals surface area (Å²) in [5.74, 6) is -0.462. The molecular weight excluding hydrogens is 247 g/mol. The standard InChI is InChI=1S/C11H8ClFN2S/c1-7-3-2-4-8(5-7)16-10-9(13)6-14-11(12)15-10/h2-6H,1H3. The maximum Gasteiger partial charge on any atom is 0.223 e. The first-order valence-corrected chi connectivity index (χ1v) is 5.77. The molecule has 1 aromatic heterocycles. The van der Waals surface area contributed by atoms with E-state index in [2.05, 4.69) is 9.97 Å². The van der Waals surface area contributed by atoms with Gasteiger partial charge in [0.05, 0.1) is 6.20 Å². The van der Waals surface area contributed by atoms with Crippen LogP contribution in [-0.2, 0) is 0 Å². The molecule has 2 aromatic rings. The zero-order chi connectivity index (χ0) is 11.5. The van der Waals surface area contributed by atoms with Crippen molar-refractivity contribution in [3.63, 3.8) is 0 Å². The lowest BCUT2D eigenvalue weighted by atomic mass is 10.2. The van der Waals surface area contributed by atoms with Crippen molar-refractivity contribution in [1.82, 2.24) is 9.97 Å². The van der Waals surface area contributed by atoms with Crippen LogP contribution in [0.5, 0.6) is 0 Å². The molecule has 0 aliphatic rings. The predicted molar refractivity (Wildman–Crippen MR) is 62.3 cm³/mol. The van der Waals surface area contributed by atoms with Crippen molar-refractivity contribution < 1.29 is 4.39 Å². The molecule has 0 amide bonds. The van der Waals surface area contributed by atoms with Crippen LogP contribution in [0, 0.1) is 12.7 Å². The first-order chi connectivity index (χ1) is 7.65. The van der Waals surface area contributed by atoms with E-state index in [4.69, 9.17) is 11.6 Å². The molecule has 82 valence electrons. The average molecular weight is 255 g/mol. The lowest BCUT2D eigenvalue weighted by Gasteiger charge is -2.02. The van der Waals surface area contributed by atoms with E-state index in [1.165, 1.54) is 11.8 Å². The molecule has 0 spiro atoms. The van der Waals surface area contributed by atoms with Crippen molar-refractivity contribution in [3.8, 4) is 0 Å². The zero-order valence-corrected chi connectivity index (χ0v) is 10.0. The van der Waals surface area contributed by atoms with Gasteiger partial charge in [-0.2, -0.15) is 0 Å². The highest BCUT2D eigenvalue weighted by atomic mass is 35.5. The Morgan fingerprint density at radius 2 is 2.19 bits per heavy atom. The van der Waals surface area contributed by atoms with E-state index in [-0.39, 0.29) is 10.3 Å². The second-order valence-corrected chi connectivity index (χ2v) is 4.61. The first kappa shape index (κ1) is 11.4. The number of hydrogen-bond acceptors (Lipinski definition) is 3. The molecule has 2 nitrogen and oxygen atoms in total. The summed E-state index contributed by atoms with van der Waals surface area (Å²) < 4.78 is 13.4. The van der Waals surface area contributed by atoms with Crippen molar-refractivity contribution in [2.75, 3.05) is 0 Å². The topological polar surface area (TPSA) is 25.8 Å². The van der Waals surface area contributed by atoms with E-state index in [1.54, 1.807) is 0 Å². The van der Waals surface area contributed by atoms with E-state index in [1.807, 2.05) is 31.2 Å². The maximum absolute atomic E-state index is 13.4. The third-order valence-electron chi connectivity index (χ3n) is 1.89. The molecule has 0 saturated heterocycles. The molecule has 1 aromatic carbocycles. The van der Waals surface area contributed by atoms with Crippen molar-refractivity contribution >= 4 is 23.4 Å². The van der Waals surface area contributed by atoms with Crippen molar-refractivity contribution in [2.45, 2.75) is 16.8 Å². The molecule has 0 atom stereocenters. The quantitative estimate of drug-likeness (QED) is 0.603. The highest BCUT2D eigenvalue weighted by Gasteiger charge is 2.07. The van der Waals surface area contributed by atoms with Gasteiger partial charge in [-0.1, -0.05) is 29.5 Å². The van der Waals surface area contributed by atoms with Crippen LogP contribution < -0.4 is 0 Å². The number of aromatic nitrogens is 2. The number of rotatable bonds is 2. The van der Waals surface area contributed by atoms with Crippen LogP contribution >= 0.6 is 23.4 Å². The van der Waals surface area contributed by atoms with Crippen LogP contribution in [0.25, 0.3) is 0 Å². The monoisotopic (exact) mass is 254 g/mol. The van der Waals surface area contributed by atoms with E-state index in [0.717, 1.165) is 16.7 Å². The smallest absolute Gasteiger partial charge is 0.223 e. The lowest BCUT2D eigenvalue weighted by molar-refractivity contribution is 0.579. The molecule has 0 saturated carbocycles. The van der Waals surface area contributed by atoms with Gasteiger partial charge in [0, 0.05) is 4.90 Å². The SMILES string of the molecule is Cc1cccc(Sc2nc(Cl)ncc2F)c1. The van der Waals surface area contributed by atoms with Crippen molar-refractivity contribution in [2.24, 2.45) is 0 Å². The van der Waals surface area contributed by atoms with E-state index < -0.39 is 5.82 Å². The molecule has 0 fully saturated rings. The molecule has 5 heteroatoms. The third-order valence-corrected chi connectivity index (χ3v) is 3.04. The lowest BCUT2D eigenvalue weighted by Crippen LogP contribution is -1.90. The van der Waals surface area contributed by atoms with Crippen LogP contribution in [0.2, 0.25) is 5.28 Å². The summed E-state index contributed by atoms with van der Waals surface area (Å²) in [5, 5.41) is 0.294. The van der Waals surface area contributed by atoms with Gasteiger partial charge < -0.3 is 0 Å². The first-order valence-electron chi connectivity index (χ1n) is 4.58. The summed E-state index contributed by atoms with van der Waals surface area (Å²) in [7, 11) is 0. The highest BCUT2D eigenvalue weighted by molar-refractivity contribution is 7.99. The highest BCUT2D eigenvalue weighted by Crippen LogP contribution is 2.28. The number of hydrogen-bond donors (Lipinski definition) is 0. The summed E-state index contributed by atoms with van der Waals surface area (Å²) in [5.41, 5.74) is 1.12. The van der Waals surface area contributed by atoms with Gasteiger partial charge in [-0.05, 0) is 30.7 Å². The van der Waals surface area contributed by atoms with Gasteiger partial charge in [-0.25, -0.2) is 14.4 Å². The number of benzene rings is 1. The Morgan fingerprint density at radius 3 is 2.94 bits per heavy atom. The fourth-order valence-electron chi connectivity index (χ4n) is 1.19. The fraction of sp³-hybridized carbons (Fsp3) is 0.0909. The van der Waals surface area contributed by atoms with Gasteiger partial charge in [-0.3, -0.25) is 0 Å². The number of aryl methyl sites for hydroxylation is 1. The Hall–Kier alpha value is -1.13. The molecule has 2 rings (SSSR count). The maximum atomic E-state index is 13.4. The number of halogens is 2. The summed E-state index contributed by atoms with van der Waals surface area (Å²) in [6, 6.07) is 7.75. The Balaban J connectivity index is 2.30. The molecule has 0 aliphatic heterocycles. The Kier molecular flexibility index (Phi) is 3.41. The molecule has 1 heterocycles. The Morgan fingerprint density at radius 1 is 1.38 bits per heavy atom. The van der Waals surface area contributed by atoms with E-state index in [0.29, 0.717) is 0 Å². The summed E-state index contributed by atoms with van der Waals surface area (Å²) >= 11 is 6.84. The summed E-state index contributed by atoms with van der Waals surface area (Å²) in [4.78, 5) is 8.33. The van der Waals surface area contributed by atoms with Crippen LogP contribution in [0.4, 0.5) is 4.39 Å². The fourth-order valence-corrected chi connectivity index (χ4v) is 2.27. The van der Waals surface area contributed by atoms with Gasteiger partial charge >= 0.3 is 0 Å². The van der Waals surface area contributed by atoms with E-state index >= 15 is 0 Å². The minimum absolute atomic E-state index is 0.0524. The normalized spacial score (nSPS) is 10.4. The summed E-state index contributed by atoms with van der Waals surface area (Å²) in [6.45, 7) is 1.98. The molecule has 0 aliphatic carbocycles. The summed E-state index contributed by atoms with van der Waals surface area (Å²) in [6.07, 6.45) is 1.08. The average Bonchev–Trinajstić information content (AvgIpc) is 2.24. The molecule has 0 unspecified atom stereocenters. The molecule has 0 bridgehead atoms. The molecular formula is C11H8ClFN2S. The number of nitrogens with zero attached hydrogens (tertiary/aromatic N) is 2. The van der Waals surface area contributed by atoms with Crippen LogP contribution in [0.15, 0.2) is 40.4 Å². The van der Waals surface area contributed by atoms with E-state index in [9.17, 15) is 4.39 Å². The predicted octanol–water partition coefficient (Wildman–Crippen LogP) is 3.73. The van der Waals surface area contributed by atoms with Crippen LogP contribution in [0.1, 0.15) is 5.56 Å². The largest absolute Gasteiger partial charge is 0.223 e. The van der Waals surface area contributed by atoms with Gasteiger partial charge in [0.1, 0.15) is 5.03 Å². The van der Waals surface area contributed by atoms with Gasteiger partial charge in [-0.15, -0.1) is 0 Å². The minimum atomic E-state index is -0.462. The van der Waals surface area contributed by atoms with Gasteiger partial charge in [0.25, 0.3) is 0 Å².